The summed E-state index contributed by atoms with van der Waals surface area (Å²) in [4.78, 5) is 0. The quantitative estimate of drug-likeness (QED) is 0.368. The summed E-state index contributed by atoms with van der Waals surface area (Å²) in [5, 5.41) is -1.43. The van der Waals surface area contributed by atoms with Crippen LogP contribution in [-0.2, 0) is 9.47 Å². The summed E-state index contributed by atoms with van der Waals surface area (Å²) in [5.74, 6) is -8.53. The predicted octanol–water partition coefficient (Wildman–Crippen LogP) is 3.21. The zero-order valence-electron chi connectivity index (χ0n) is 11.0. The van der Waals surface area contributed by atoms with Crippen molar-refractivity contribution in [2.75, 3.05) is 7.11 Å². The molecule has 0 aromatic carbocycles. The zero-order chi connectivity index (χ0) is 17.8. The van der Waals surface area contributed by atoms with Crippen LogP contribution in [0.25, 0.3) is 0 Å². The molecule has 135 valence electrons. The van der Waals surface area contributed by atoms with E-state index in [1.807, 2.05) is 0 Å². The van der Waals surface area contributed by atoms with E-state index < -0.39 is 41.9 Å². The van der Waals surface area contributed by atoms with Gasteiger partial charge < -0.3 is 0 Å². The Labute approximate surface area is 113 Å². The molecule has 1 heterocycles. The van der Waals surface area contributed by atoms with E-state index in [-0.39, 0.29) is 13.8 Å². The summed E-state index contributed by atoms with van der Waals surface area (Å²) < 4.78 is 123. The molecule has 0 radical (unpaired) electrons. The zero-order valence-corrected chi connectivity index (χ0v) is 13.6. The SMILES string of the molecule is CO[C](=[Cf][N]1C(F)(F)C(C)(F)OC(C)(F)C1(F)F)C(F)(F)F. The van der Waals surface area contributed by atoms with Crippen molar-refractivity contribution in [2.24, 2.45) is 0 Å². The molecular formula is C9H9CfF9NO2. The number of halogens is 9. The number of morpholine rings is 1. The van der Waals surface area contributed by atoms with Gasteiger partial charge in [-0.15, -0.1) is 0 Å². The molecule has 0 saturated carbocycles. The van der Waals surface area contributed by atoms with Crippen molar-refractivity contribution in [1.29, 1.82) is 0 Å². The summed E-state index contributed by atoms with van der Waals surface area (Å²) >= 11 is 0. The third-order valence-electron chi connectivity index (χ3n) is 2.42. The van der Waals surface area contributed by atoms with Gasteiger partial charge in [0.1, 0.15) is 0 Å². The molecule has 13 heteroatoms. The summed E-state index contributed by atoms with van der Waals surface area (Å²) in [5.41, 5.74) is 0. The van der Waals surface area contributed by atoms with Gasteiger partial charge in [0.2, 0.25) is 0 Å². The van der Waals surface area contributed by atoms with E-state index in [2.05, 4.69) is 9.47 Å². The fourth-order valence-corrected chi connectivity index (χ4v) is 4.22. The molecule has 0 aliphatic carbocycles. The van der Waals surface area contributed by atoms with E-state index in [9.17, 15) is 39.5 Å². The van der Waals surface area contributed by atoms with Gasteiger partial charge in [-0.25, -0.2) is 0 Å². The third kappa shape index (κ3) is 2.50. The molecule has 22 heavy (non-hydrogen) atoms. The monoisotopic (exact) mass is 583 g/mol. The summed E-state index contributed by atoms with van der Waals surface area (Å²) in [7, 11) is 0.429. The Kier molecular flexibility index (Phi) is 3.76. The van der Waals surface area contributed by atoms with Gasteiger partial charge in [0.05, 0.1) is 0 Å². The summed E-state index contributed by atoms with van der Waals surface area (Å²) in [6.45, 7) is -2.14. The molecular weight excluding hydrogens is 576 g/mol. The molecule has 1 fully saturated rings. The fraction of sp³-hybridized carbons (Fsp3) is 0.889. The first-order valence-corrected chi connectivity index (χ1v) is 7.71. The Balaban J connectivity index is 3.54. The van der Waals surface area contributed by atoms with Crippen LogP contribution in [0.4, 0.5) is 39.5 Å². The van der Waals surface area contributed by atoms with Gasteiger partial charge in [-0.1, -0.05) is 0 Å². The predicted molar refractivity (Wildman–Crippen MR) is 49.9 cm³/mol. The molecule has 0 amide bonds. The van der Waals surface area contributed by atoms with Crippen molar-refractivity contribution >= 4 is 6.61 Å². The Hall–Kier alpha value is -1.88. The second-order valence-electron chi connectivity index (χ2n) is 4.29. The normalized spacial score (nSPS) is 36.1. The van der Waals surface area contributed by atoms with Gasteiger partial charge in [0.15, 0.2) is 0 Å². The number of ether oxygens (including phenoxy) is 2. The van der Waals surface area contributed by atoms with Crippen molar-refractivity contribution < 1.29 is 49.0 Å². The first kappa shape index (κ1) is 18.2. The van der Waals surface area contributed by atoms with E-state index in [0.717, 1.165) is 0 Å². The van der Waals surface area contributed by atoms with Gasteiger partial charge in [0, 0.05) is 0 Å². The van der Waals surface area contributed by atoms with Crippen LogP contribution in [0.15, 0.2) is 0 Å². The van der Waals surface area contributed by atoms with Crippen LogP contribution < -0.4 is 0 Å². The van der Waals surface area contributed by atoms with Crippen LogP contribution in [0.3, 0.4) is 0 Å². The number of nitrogens with zero attached hydrogens (tertiary/aromatic N) is 1. The van der Waals surface area contributed by atoms with Crippen molar-refractivity contribution in [3.8, 4) is 0 Å². The summed E-state index contributed by atoms with van der Waals surface area (Å²) in [6, 6.07) is -10.4. The van der Waals surface area contributed by atoms with E-state index in [0.29, 0.717) is 7.11 Å². The second-order valence-corrected chi connectivity index (χ2v) is 7.25. The summed E-state index contributed by atoms with van der Waals surface area (Å²) in [6.07, 6.45) is -5.32. The average molecular weight is 585 g/mol. The van der Waals surface area contributed by atoms with Crippen LogP contribution in [0.1, 0.15) is 13.8 Å². The van der Waals surface area contributed by atoms with Crippen LogP contribution in [0.5, 0.6) is 0 Å². The third-order valence-corrected chi connectivity index (χ3v) is 6.31. The molecule has 0 aromatic rings. The molecule has 3 nitrogen and oxygen atoms in total. The Morgan fingerprint density at radius 2 is 1.32 bits per heavy atom. The standard InChI is InChI=1S/C6H6F6NO.C3H3F3O.Cf/c1-3(7)5(9,10)13-6(11,12)4(2,8)14-3;1-7-2-3(4,5)6;/h1-2H3;1H3;/q-1;;+1. The van der Waals surface area contributed by atoms with Gasteiger partial charge >= 0.3 is 112 Å². The average Bonchev–Trinajstić information content (AvgIpc) is 2.23. The number of alkyl halides is 9. The Bertz CT molecular complexity index is 448. The molecule has 0 bridgehead atoms. The minimum atomic E-state index is -5.32. The number of rotatable bonds is 2. The van der Waals surface area contributed by atoms with Crippen LogP contribution in [0.2, 0.25) is 0 Å². The van der Waals surface area contributed by atoms with Gasteiger partial charge in [-0.05, 0) is 0 Å². The van der Waals surface area contributed by atoms with Crippen molar-refractivity contribution in [3.63, 3.8) is 0 Å². The van der Waals surface area contributed by atoms with Gasteiger partial charge in [-0.2, -0.15) is 0 Å². The van der Waals surface area contributed by atoms with E-state index in [1.165, 1.54) is 0 Å². The van der Waals surface area contributed by atoms with E-state index >= 15 is 0 Å². The maximum atomic E-state index is 13.8. The van der Waals surface area contributed by atoms with Crippen molar-refractivity contribution in [2.45, 2.75) is 43.8 Å². The maximum absolute atomic E-state index is 13.8. The molecule has 1 rings (SSSR count). The second kappa shape index (κ2) is 4.56. The molecule has 0 aromatic heterocycles. The molecule has 1 saturated heterocycles. The molecule has 2 unspecified atom stereocenters. The van der Waals surface area contributed by atoms with E-state index in [4.69, 9.17) is 0 Å². The number of methoxy groups -OCH3 is 1. The van der Waals surface area contributed by atoms with Crippen LogP contribution in [0, 0.1) is 0 Å². The van der Waals surface area contributed by atoms with E-state index in [1.54, 1.807) is 0 Å². The topological polar surface area (TPSA) is 21.7 Å². The van der Waals surface area contributed by atoms with Crippen LogP contribution in [-0.4, -0.2) is 49.0 Å². The van der Waals surface area contributed by atoms with Crippen molar-refractivity contribution in [1.82, 2.24) is 5.32 Å². The molecule has 2 atom stereocenters. The Morgan fingerprint density at radius 3 is 1.59 bits per heavy atom. The first-order chi connectivity index (χ1) is 9.50. The fourth-order valence-electron chi connectivity index (χ4n) is 1.32. The molecule has 1 aliphatic heterocycles. The van der Waals surface area contributed by atoms with Gasteiger partial charge in [0.25, 0.3) is 0 Å². The minimum absolute atomic E-state index is 0.0526. The van der Waals surface area contributed by atoms with Crippen LogP contribution >= 0.6 is 0 Å². The molecule has 0 N–H and O–H groups in total. The first-order valence-electron chi connectivity index (χ1n) is 5.22. The van der Waals surface area contributed by atoms with Gasteiger partial charge in [-0.3, -0.25) is 0 Å². The molecule has 1 aliphatic rings. The Morgan fingerprint density at radius 1 is 0.955 bits per heavy atom. The molecule has 0 spiro atoms. The van der Waals surface area contributed by atoms with Crippen molar-refractivity contribution in [3.05, 3.63) is 0 Å². The number of hydrogen-bond acceptors (Lipinski definition) is 3. The number of hydrogen-bond donors (Lipinski definition) is 0.